The van der Waals surface area contributed by atoms with Gasteiger partial charge in [-0.25, -0.2) is 9.97 Å². The van der Waals surface area contributed by atoms with Gasteiger partial charge in [0.25, 0.3) is 0 Å². The number of nitrogens with zero attached hydrogens (tertiary/aromatic N) is 3. The van der Waals surface area contributed by atoms with Gasteiger partial charge in [0.05, 0.1) is 15.7 Å². The van der Waals surface area contributed by atoms with Crippen LogP contribution < -0.4 is 5.32 Å². The van der Waals surface area contributed by atoms with Crippen LogP contribution in [0.15, 0.2) is 28.9 Å². The molecule has 0 unspecified atom stereocenters. The van der Waals surface area contributed by atoms with Crippen LogP contribution in [0.3, 0.4) is 0 Å². The van der Waals surface area contributed by atoms with Gasteiger partial charge in [0.2, 0.25) is 0 Å². The van der Waals surface area contributed by atoms with Gasteiger partial charge in [-0.2, -0.15) is 5.10 Å². The van der Waals surface area contributed by atoms with Crippen LogP contribution in [0, 0.1) is 13.8 Å². The number of H-pyrrole nitrogens is 1. The number of aromatic amines is 1. The van der Waals surface area contributed by atoms with Crippen LogP contribution in [-0.4, -0.2) is 20.2 Å². The van der Waals surface area contributed by atoms with Gasteiger partial charge in [0, 0.05) is 17.3 Å². The minimum absolute atomic E-state index is 0.724. The zero-order chi connectivity index (χ0) is 13.4. The highest BCUT2D eigenvalue weighted by molar-refractivity contribution is 9.10. The summed E-state index contributed by atoms with van der Waals surface area (Å²) in [6.07, 6.45) is 1.74. The molecule has 2 heterocycles. The largest absolute Gasteiger partial charge is 0.339 e. The van der Waals surface area contributed by atoms with Gasteiger partial charge in [-0.3, -0.25) is 5.10 Å². The van der Waals surface area contributed by atoms with E-state index in [1.165, 1.54) is 0 Å². The Balaban J connectivity index is 2.10. The van der Waals surface area contributed by atoms with Crippen molar-refractivity contribution >= 4 is 38.3 Å². The summed E-state index contributed by atoms with van der Waals surface area (Å²) in [4.78, 5) is 8.52. The summed E-state index contributed by atoms with van der Waals surface area (Å²) in [6.45, 7) is 3.86. The summed E-state index contributed by atoms with van der Waals surface area (Å²) in [6, 6.07) is 5.95. The monoisotopic (exact) mass is 317 g/mol. The predicted octanol–water partition coefficient (Wildman–Crippen LogP) is 3.48. The molecule has 19 heavy (non-hydrogen) atoms. The third-order valence-corrected chi connectivity index (χ3v) is 3.46. The lowest BCUT2D eigenvalue weighted by molar-refractivity contribution is 1.05. The Morgan fingerprint density at radius 2 is 2.11 bits per heavy atom. The topological polar surface area (TPSA) is 66.5 Å². The van der Waals surface area contributed by atoms with Gasteiger partial charge >= 0.3 is 0 Å². The van der Waals surface area contributed by atoms with Gasteiger partial charge in [-0.1, -0.05) is 6.07 Å². The molecule has 3 rings (SSSR count). The Morgan fingerprint density at radius 1 is 1.26 bits per heavy atom. The van der Waals surface area contributed by atoms with Crippen LogP contribution in [0.5, 0.6) is 0 Å². The molecule has 0 radical (unpaired) electrons. The molecule has 0 atom stereocenters. The van der Waals surface area contributed by atoms with E-state index in [0.717, 1.165) is 38.4 Å². The Hall–Kier alpha value is -1.95. The molecular formula is C13H12BrN5. The SMILES string of the molecule is Cc1ncc(Br)c(Nc2cccc3n[nH]c(C)c23)n1. The molecular weight excluding hydrogens is 306 g/mol. The molecule has 2 N–H and O–H groups in total. The summed E-state index contributed by atoms with van der Waals surface area (Å²) in [7, 11) is 0. The van der Waals surface area contributed by atoms with Crippen LogP contribution >= 0.6 is 15.9 Å². The van der Waals surface area contributed by atoms with Crippen molar-refractivity contribution in [2.24, 2.45) is 0 Å². The van der Waals surface area contributed by atoms with Gasteiger partial charge in [-0.15, -0.1) is 0 Å². The molecule has 0 aliphatic rings. The fraction of sp³-hybridized carbons (Fsp3) is 0.154. The normalized spacial score (nSPS) is 10.9. The van der Waals surface area contributed by atoms with E-state index in [0.29, 0.717) is 0 Å². The number of aryl methyl sites for hydroxylation is 2. The molecule has 96 valence electrons. The minimum atomic E-state index is 0.724. The van der Waals surface area contributed by atoms with Gasteiger partial charge in [0.1, 0.15) is 11.6 Å². The second kappa shape index (κ2) is 4.62. The second-order valence-electron chi connectivity index (χ2n) is 4.29. The minimum Gasteiger partial charge on any atom is -0.339 e. The molecule has 3 aromatic rings. The quantitative estimate of drug-likeness (QED) is 0.759. The summed E-state index contributed by atoms with van der Waals surface area (Å²) >= 11 is 3.45. The van der Waals surface area contributed by atoms with Gasteiger partial charge in [0.15, 0.2) is 0 Å². The van der Waals surface area contributed by atoms with E-state index in [4.69, 9.17) is 0 Å². The number of rotatable bonds is 2. The smallest absolute Gasteiger partial charge is 0.148 e. The molecule has 1 aromatic carbocycles. The molecule has 0 spiro atoms. The maximum Gasteiger partial charge on any atom is 0.148 e. The number of hydrogen-bond donors (Lipinski definition) is 2. The van der Waals surface area contributed by atoms with Crippen LogP contribution in [0.4, 0.5) is 11.5 Å². The predicted molar refractivity (Wildman–Crippen MR) is 78.6 cm³/mol. The Labute approximate surface area is 118 Å². The molecule has 5 nitrogen and oxygen atoms in total. The van der Waals surface area contributed by atoms with E-state index in [9.17, 15) is 0 Å². The number of fused-ring (bicyclic) bond motifs is 1. The average Bonchev–Trinajstić information content (AvgIpc) is 2.77. The number of nitrogens with one attached hydrogen (secondary N) is 2. The zero-order valence-electron chi connectivity index (χ0n) is 10.5. The van der Waals surface area contributed by atoms with Crippen molar-refractivity contribution in [1.82, 2.24) is 20.2 Å². The summed E-state index contributed by atoms with van der Waals surface area (Å²) in [5.41, 5.74) is 2.94. The third kappa shape index (κ3) is 2.19. The number of hydrogen-bond acceptors (Lipinski definition) is 4. The standard InChI is InChI=1S/C13H12BrN5/c1-7-12-10(4-3-5-11(12)19-18-7)17-13-9(14)6-15-8(2)16-13/h3-6H,1-2H3,(H,18,19)(H,15,16,17). The van der Waals surface area contributed by atoms with Crippen LogP contribution in [0.2, 0.25) is 0 Å². The summed E-state index contributed by atoms with van der Waals surface area (Å²) in [5.74, 6) is 1.47. The van der Waals surface area contributed by atoms with Crippen molar-refractivity contribution in [3.05, 3.63) is 40.4 Å². The third-order valence-electron chi connectivity index (χ3n) is 2.88. The average molecular weight is 318 g/mol. The maximum absolute atomic E-state index is 4.39. The highest BCUT2D eigenvalue weighted by Crippen LogP contribution is 2.29. The molecule has 0 aliphatic heterocycles. The molecule has 0 fully saturated rings. The molecule has 0 saturated carbocycles. The van der Waals surface area contributed by atoms with Crippen molar-refractivity contribution in [3.63, 3.8) is 0 Å². The summed E-state index contributed by atoms with van der Waals surface area (Å²) < 4.78 is 0.830. The first-order chi connectivity index (χ1) is 9.15. The Bertz CT molecular complexity index is 750. The van der Waals surface area contributed by atoms with Crippen LogP contribution in [-0.2, 0) is 0 Å². The van der Waals surface area contributed by atoms with Gasteiger partial charge in [-0.05, 0) is 41.9 Å². The van der Waals surface area contributed by atoms with Crippen molar-refractivity contribution in [3.8, 4) is 0 Å². The highest BCUT2D eigenvalue weighted by atomic mass is 79.9. The van der Waals surface area contributed by atoms with Crippen LogP contribution in [0.25, 0.3) is 10.9 Å². The van der Waals surface area contributed by atoms with Crippen molar-refractivity contribution in [2.75, 3.05) is 5.32 Å². The molecule has 0 aliphatic carbocycles. The molecule has 2 aromatic heterocycles. The zero-order valence-corrected chi connectivity index (χ0v) is 12.1. The van der Waals surface area contributed by atoms with E-state index in [1.54, 1.807) is 6.20 Å². The number of aromatic nitrogens is 4. The lowest BCUT2D eigenvalue weighted by Gasteiger charge is -2.09. The first kappa shape index (κ1) is 12.1. The number of anilines is 2. The first-order valence-corrected chi connectivity index (χ1v) is 6.64. The highest BCUT2D eigenvalue weighted by Gasteiger charge is 2.09. The van der Waals surface area contributed by atoms with E-state index >= 15 is 0 Å². The van der Waals surface area contributed by atoms with E-state index in [2.05, 4.69) is 41.4 Å². The van der Waals surface area contributed by atoms with E-state index < -0.39 is 0 Å². The van der Waals surface area contributed by atoms with E-state index in [-0.39, 0.29) is 0 Å². The fourth-order valence-electron chi connectivity index (χ4n) is 2.00. The molecule has 0 amide bonds. The van der Waals surface area contributed by atoms with Gasteiger partial charge < -0.3 is 5.32 Å². The maximum atomic E-state index is 4.39. The summed E-state index contributed by atoms with van der Waals surface area (Å²) in [5, 5.41) is 11.6. The first-order valence-electron chi connectivity index (χ1n) is 5.85. The van der Waals surface area contributed by atoms with Crippen molar-refractivity contribution in [2.45, 2.75) is 13.8 Å². The lowest BCUT2D eigenvalue weighted by atomic mass is 10.2. The number of benzene rings is 1. The van der Waals surface area contributed by atoms with Crippen LogP contribution in [0.1, 0.15) is 11.5 Å². The van der Waals surface area contributed by atoms with Crippen molar-refractivity contribution in [1.29, 1.82) is 0 Å². The number of halogens is 1. The Kier molecular flexibility index (Phi) is 2.94. The Morgan fingerprint density at radius 3 is 2.95 bits per heavy atom. The fourth-order valence-corrected chi connectivity index (χ4v) is 2.29. The second-order valence-corrected chi connectivity index (χ2v) is 5.14. The molecule has 0 saturated heterocycles. The lowest BCUT2D eigenvalue weighted by Crippen LogP contribution is -1.98. The van der Waals surface area contributed by atoms with E-state index in [1.807, 2.05) is 32.0 Å². The molecule has 6 heteroatoms. The molecule has 0 bridgehead atoms. The van der Waals surface area contributed by atoms with Crippen molar-refractivity contribution < 1.29 is 0 Å².